The molecule has 2 rings (SSSR count). The number of benzene rings is 2. The summed E-state index contributed by atoms with van der Waals surface area (Å²) in [7, 11) is -5.17. The van der Waals surface area contributed by atoms with Crippen LogP contribution < -0.4 is 0 Å². The van der Waals surface area contributed by atoms with Crippen LogP contribution in [0.25, 0.3) is 12.2 Å². The van der Waals surface area contributed by atoms with Crippen LogP contribution in [-0.2, 0) is 23.5 Å². The van der Waals surface area contributed by atoms with Crippen molar-refractivity contribution in [3.63, 3.8) is 0 Å². The molecule has 0 spiro atoms. The molecule has 6 nitrogen and oxygen atoms in total. The van der Waals surface area contributed by atoms with Crippen molar-refractivity contribution in [2.24, 2.45) is 0 Å². The Bertz CT molecular complexity index is 915. The normalized spacial score (nSPS) is 11.5. The number of nitrogens with zero attached hydrogens (tertiary/aromatic N) is 2. The van der Waals surface area contributed by atoms with Crippen molar-refractivity contribution < 1.29 is 26.5 Å². The van der Waals surface area contributed by atoms with Crippen LogP contribution >= 0.6 is 0 Å². The standard InChI is InChI=1S/2C15H24N.H2O4S/c2*1-5-14-9-11-15(12-10-14)13-16(6-2,7-3)8-4;1-5(2,3)4/h2*5,9-12H,1,6-8,13H2,2-4H3;(H2,1,2,3,4)/q2*+1;/p-2. The van der Waals surface area contributed by atoms with E-state index >= 15 is 0 Å². The van der Waals surface area contributed by atoms with Crippen LogP contribution in [0, 0.1) is 0 Å². The molecule has 2 aromatic carbocycles. The molecule has 0 saturated carbocycles. The highest BCUT2D eigenvalue weighted by molar-refractivity contribution is 7.79. The third-order valence-electron chi connectivity index (χ3n) is 7.49. The van der Waals surface area contributed by atoms with Gasteiger partial charge in [0.15, 0.2) is 0 Å². The maximum Gasteiger partial charge on any atom is 0.104 e. The van der Waals surface area contributed by atoms with Gasteiger partial charge in [0.2, 0.25) is 0 Å². The van der Waals surface area contributed by atoms with E-state index in [9.17, 15) is 0 Å². The Morgan fingerprint density at radius 1 is 0.595 bits per heavy atom. The smallest absolute Gasteiger partial charge is 0.104 e. The fourth-order valence-electron chi connectivity index (χ4n) is 4.31. The van der Waals surface area contributed by atoms with Crippen LogP contribution in [0.2, 0.25) is 0 Å². The lowest BCUT2D eigenvalue weighted by atomic mass is 10.1. The summed E-state index contributed by atoms with van der Waals surface area (Å²) in [6.45, 7) is 30.8. The number of hydrogen-bond donors (Lipinski definition) is 0. The molecule has 37 heavy (non-hydrogen) atoms. The van der Waals surface area contributed by atoms with E-state index in [2.05, 4.69) is 103 Å². The summed E-state index contributed by atoms with van der Waals surface area (Å²) in [5.74, 6) is 0. The lowest BCUT2D eigenvalue weighted by Gasteiger charge is -2.35. The van der Waals surface area contributed by atoms with Crippen molar-refractivity contribution in [3.05, 3.63) is 83.9 Å². The predicted molar refractivity (Wildman–Crippen MR) is 155 cm³/mol. The monoisotopic (exact) mass is 532 g/mol. The average molecular weight is 533 g/mol. The first-order chi connectivity index (χ1) is 17.4. The van der Waals surface area contributed by atoms with Gasteiger partial charge in [0, 0.05) is 21.5 Å². The first-order valence-electron chi connectivity index (χ1n) is 13.2. The Morgan fingerprint density at radius 3 is 0.973 bits per heavy atom. The third kappa shape index (κ3) is 13.7. The van der Waals surface area contributed by atoms with Crippen molar-refractivity contribution >= 4 is 22.6 Å². The molecule has 0 fully saturated rings. The average Bonchev–Trinajstić information content (AvgIpc) is 2.91. The van der Waals surface area contributed by atoms with Crippen LogP contribution in [0.3, 0.4) is 0 Å². The van der Waals surface area contributed by atoms with Gasteiger partial charge in [-0.15, -0.1) is 0 Å². The van der Waals surface area contributed by atoms with Crippen LogP contribution in [0.4, 0.5) is 0 Å². The summed E-state index contributed by atoms with van der Waals surface area (Å²) in [5, 5.41) is 0. The molecule has 0 aromatic heterocycles. The fraction of sp³-hybridized carbons (Fsp3) is 0.467. The Kier molecular flexibility index (Phi) is 16.2. The minimum atomic E-state index is -5.17. The first kappa shape index (κ1) is 34.7. The molecule has 0 atom stereocenters. The summed E-state index contributed by atoms with van der Waals surface area (Å²) in [4.78, 5) is 0. The molecule has 0 aliphatic heterocycles. The highest BCUT2D eigenvalue weighted by Gasteiger charge is 2.21. The van der Waals surface area contributed by atoms with Crippen LogP contribution in [0.1, 0.15) is 63.8 Å². The van der Waals surface area contributed by atoms with Crippen molar-refractivity contribution in [1.82, 2.24) is 0 Å². The van der Waals surface area contributed by atoms with Gasteiger partial charge < -0.3 is 18.1 Å². The second-order valence-corrected chi connectivity index (χ2v) is 10.0. The molecule has 2 aromatic rings. The molecule has 0 saturated heterocycles. The molecular weight excluding hydrogens is 484 g/mol. The lowest BCUT2D eigenvalue weighted by Crippen LogP contribution is -2.46. The summed E-state index contributed by atoms with van der Waals surface area (Å²) in [5.41, 5.74) is 5.25. The maximum atomic E-state index is 8.52. The highest BCUT2D eigenvalue weighted by atomic mass is 32.3. The number of quaternary nitrogens is 2. The predicted octanol–water partition coefficient (Wildman–Crippen LogP) is 6.07. The van der Waals surface area contributed by atoms with Crippen molar-refractivity contribution in [2.45, 2.75) is 54.6 Å². The largest absolute Gasteiger partial charge is 0.759 e. The summed E-state index contributed by atoms with van der Waals surface area (Å²) < 4.78 is 36.4. The number of rotatable bonds is 12. The Morgan fingerprint density at radius 2 is 0.811 bits per heavy atom. The summed E-state index contributed by atoms with van der Waals surface area (Å²) in [6, 6.07) is 17.5. The lowest BCUT2D eigenvalue weighted by molar-refractivity contribution is -0.936. The van der Waals surface area contributed by atoms with E-state index in [-0.39, 0.29) is 0 Å². The molecule has 0 aliphatic rings. The molecule has 7 heteroatoms. The van der Waals surface area contributed by atoms with Gasteiger partial charge in [0.1, 0.15) is 13.1 Å². The summed E-state index contributed by atoms with van der Waals surface area (Å²) >= 11 is 0. The Balaban J connectivity index is 0.000000594. The number of hydrogen-bond acceptors (Lipinski definition) is 4. The van der Waals surface area contributed by atoms with E-state index < -0.39 is 10.4 Å². The van der Waals surface area contributed by atoms with Gasteiger partial charge in [-0.25, -0.2) is 0 Å². The molecule has 0 radical (unpaired) electrons. The van der Waals surface area contributed by atoms with E-state index in [0.717, 1.165) is 13.1 Å². The molecule has 0 N–H and O–H groups in total. The quantitative estimate of drug-likeness (QED) is 0.189. The van der Waals surface area contributed by atoms with E-state index in [0.29, 0.717) is 0 Å². The second kappa shape index (κ2) is 17.3. The molecule has 0 aliphatic carbocycles. The van der Waals surface area contributed by atoms with Gasteiger partial charge in [0.05, 0.1) is 39.3 Å². The van der Waals surface area contributed by atoms with Gasteiger partial charge in [-0.2, -0.15) is 0 Å². The van der Waals surface area contributed by atoms with Gasteiger partial charge in [0.25, 0.3) is 0 Å². The van der Waals surface area contributed by atoms with E-state index in [1.807, 2.05) is 12.2 Å². The zero-order valence-electron chi connectivity index (χ0n) is 23.8. The van der Waals surface area contributed by atoms with Crippen LogP contribution in [0.5, 0.6) is 0 Å². The molecular formula is C30H48N2O4S. The van der Waals surface area contributed by atoms with Crippen LogP contribution in [-0.4, -0.2) is 65.8 Å². The van der Waals surface area contributed by atoms with Gasteiger partial charge in [-0.05, 0) is 52.7 Å². The Labute approximate surface area is 226 Å². The maximum absolute atomic E-state index is 8.52. The first-order valence-corrected chi connectivity index (χ1v) is 14.5. The zero-order valence-corrected chi connectivity index (χ0v) is 24.6. The highest BCUT2D eigenvalue weighted by Crippen LogP contribution is 2.16. The zero-order chi connectivity index (χ0) is 28.5. The minimum Gasteiger partial charge on any atom is -0.759 e. The van der Waals surface area contributed by atoms with Gasteiger partial charge in [-0.1, -0.05) is 73.8 Å². The van der Waals surface area contributed by atoms with Gasteiger partial charge >= 0.3 is 0 Å². The topological polar surface area (TPSA) is 80.3 Å². The Hall–Kier alpha value is -2.29. The van der Waals surface area contributed by atoms with E-state index in [1.165, 1.54) is 70.5 Å². The van der Waals surface area contributed by atoms with Gasteiger partial charge in [-0.3, -0.25) is 8.42 Å². The van der Waals surface area contributed by atoms with E-state index in [1.54, 1.807) is 0 Å². The second-order valence-electron chi connectivity index (χ2n) is 9.20. The molecule has 0 heterocycles. The molecule has 0 unspecified atom stereocenters. The van der Waals surface area contributed by atoms with Crippen LogP contribution in [0.15, 0.2) is 61.7 Å². The molecule has 0 amide bonds. The van der Waals surface area contributed by atoms with Crippen molar-refractivity contribution in [1.29, 1.82) is 0 Å². The molecule has 0 bridgehead atoms. The van der Waals surface area contributed by atoms with E-state index in [4.69, 9.17) is 17.5 Å². The minimum absolute atomic E-state index is 1.14. The summed E-state index contributed by atoms with van der Waals surface area (Å²) in [6.07, 6.45) is 3.79. The third-order valence-corrected chi connectivity index (χ3v) is 7.49. The molecule has 208 valence electrons. The SMILES string of the molecule is C=Cc1ccc(C[N+](CC)(CC)CC)cc1.C=Cc1ccc(C[N+](CC)(CC)CC)cc1.O=S(=O)([O-])[O-]. The van der Waals surface area contributed by atoms with Crippen molar-refractivity contribution in [2.75, 3.05) is 39.3 Å². The van der Waals surface area contributed by atoms with Crippen molar-refractivity contribution in [3.8, 4) is 0 Å². The fourth-order valence-corrected chi connectivity index (χ4v) is 4.31.